The molecular weight excluding hydrogens is 292 g/mol. The molecule has 0 amide bonds. The van der Waals surface area contributed by atoms with Crippen LogP contribution in [0.4, 0.5) is 8.78 Å². The number of fused-ring (bicyclic) bond motifs is 2. The fourth-order valence-electron chi connectivity index (χ4n) is 3.33. The van der Waals surface area contributed by atoms with E-state index in [0.717, 1.165) is 37.8 Å². The van der Waals surface area contributed by atoms with E-state index in [-0.39, 0.29) is 17.3 Å². The lowest BCUT2D eigenvalue weighted by Gasteiger charge is -2.37. The molecule has 110 valence electrons. The van der Waals surface area contributed by atoms with E-state index in [1.165, 1.54) is 12.5 Å². The van der Waals surface area contributed by atoms with Crippen LogP contribution in [0.15, 0.2) is 12.1 Å². The van der Waals surface area contributed by atoms with Crippen LogP contribution in [0.3, 0.4) is 0 Å². The molecule has 3 rings (SSSR count). The van der Waals surface area contributed by atoms with Gasteiger partial charge in [0.25, 0.3) is 0 Å². The van der Waals surface area contributed by atoms with Crippen molar-refractivity contribution in [2.24, 2.45) is 5.92 Å². The topological polar surface area (TPSA) is 40.9 Å². The Morgan fingerprint density at radius 1 is 1.19 bits per heavy atom. The molecule has 0 N–H and O–H groups in total. The standard InChI is InChI=1S/C16H15F2NOS/c17-14-6-10(7-15(18)13(14)8-19)16(20)9-4-11-2-1-3-12(5-9)21-11/h6-7,9,11-12H,1-5H2. The van der Waals surface area contributed by atoms with Gasteiger partial charge in [-0.25, -0.2) is 8.78 Å². The number of rotatable bonds is 2. The molecule has 21 heavy (non-hydrogen) atoms. The summed E-state index contributed by atoms with van der Waals surface area (Å²) < 4.78 is 27.3. The Morgan fingerprint density at radius 3 is 2.29 bits per heavy atom. The molecule has 2 bridgehead atoms. The quantitative estimate of drug-likeness (QED) is 0.773. The molecule has 2 atom stereocenters. The first-order valence-corrected chi connectivity index (χ1v) is 8.11. The molecular formula is C16H15F2NOS. The fraction of sp³-hybridized carbons (Fsp3) is 0.500. The van der Waals surface area contributed by atoms with Crippen molar-refractivity contribution in [2.45, 2.75) is 42.6 Å². The van der Waals surface area contributed by atoms with Gasteiger partial charge in [0.05, 0.1) is 0 Å². The van der Waals surface area contributed by atoms with Crippen LogP contribution in [0, 0.1) is 28.9 Å². The van der Waals surface area contributed by atoms with Gasteiger partial charge in [0.1, 0.15) is 23.3 Å². The molecule has 2 unspecified atom stereocenters. The van der Waals surface area contributed by atoms with Crippen molar-refractivity contribution in [1.82, 2.24) is 0 Å². The number of carbonyl (C=O) groups is 1. The van der Waals surface area contributed by atoms with E-state index in [1.54, 1.807) is 0 Å². The number of halogens is 2. The highest BCUT2D eigenvalue weighted by atomic mass is 32.2. The Labute approximate surface area is 126 Å². The molecule has 1 aromatic rings. The number of ketones is 1. The van der Waals surface area contributed by atoms with Gasteiger partial charge in [0.2, 0.25) is 0 Å². The first kappa shape index (κ1) is 14.5. The van der Waals surface area contributed by atoms with Crippen molar-refractivity contribution in [1.29, 1.82) is 5.26 Å². The van der Waals surface area contributed by atoms with Gasteiger partial charge < -0.3 is 0 Å². The largest absolute Gasteiger partial charge is 0.294 e. The van der Waals surface area contributed by atoms with Crippen LogP contribution in [0.2, 0.25) is 0 Å². The van der Waals surface area contributed by atoms with Crippen molar-refractivity contribution < 1.29 is 13.6 Å². The molecule has 0 saturated carbocycles. The van der Waals surface area contributed by atoms with Crippen LogP contribution < -0.4 is 0 Å². The Kier molecular flexibility index (Phi) is 3.99. The van der Waals surface area contributed by atoms with Gasteiger partial charge in [-0.1, -0.05) is 6.42 Å². The summed E-state index contributed by atoms with van der Waals surface area (Å²) >= 11 is 1.96. The number of nitriles is 1. The van der Waals surface area contributed by atoms with E-state index in [0.29, 0.717) is 10.5 Å². The number of hydrogen-bond acceptors (Lipinski definition) is 3. The maximum Gasteiger partial charge on any atom is 0.166 e. The van der Waals surface area contributed by atoms with Crippen LogP contribution in [-0.4, -0.2) is 16.3 Å². The van der Waals surface area contributed by atoms with E-state index in [1.807, 2.05) is 11.8 Å². The molecule has 2 heterocycles. The van der Waals surface area contributed by atoms with Crippen LogP contribution in [0.1, 0.15) is 48.0 Å². The summed E-state index contributed by atoms with van der Waals surface area (Å²) in [6, 6.07) is 3.48. The summed E-state index contributed by atoms with van der Waals surface area (Å²) in [5.41, 5.74) is -0.568. The van der Waals surface area contributed by atoms with Crippen LogP contribution >= 0.6 is 11.8 Å². The summed E-state index contributed by atoms with van der Waals surface area (Å²) in [5, 5.41) is 9.67. The zero-order chi connectivity index (χ0) is 15.0. The summed E-state index contributed by atoms with van der Waals surface area (Å²) in [7, 11) is 0. The number of benzene rings is 1. The van der Waals surface area contributed by atoms with Gasteiger partial charge in [-0.05, 0) is 37.8 Å². The smallest absolute Gasteiger partial charge is 0.166 e. The molecule has 5 heteroatoms. The predicted molar refractivity (Wildman–Crippen MR) is 77.1 cm³/mol. The second-order valence-corrected chi connectivity index (χ2v) is 7.38. The van der Waals surface area contributed by atoms with E-state index in [9.17, 15) is 13.6 Å². The molecule has 0 spiro atoms. The monoisotopic (exact) mass is 307 g/mol. The summed E-state index contributed by atoms with van der Waals surface area (Å²) in [5.74, 6) is -2.24. The van der Waals surface area contributed by atoms with Crippen LogP contribution in [0.25, 0.3) is 0 Å². The van der Waals surface area contributed by atoms with Crippen molar-refractivity contribution in [3.05, 3.63) is 34.9 Å². The molecule has 2 saturated heterocycles. The predicted octanol–water partition coefficient (Wildman–Crippen LogP) is 4.08. The molecule has 0 aromatic heterocycles. The minimum atomic E-state index is -0.953. The molecule has 2 aliphatic heterocycles. The minimum absolute atomic E-state index is 0.0546. The fourth-order valence-corrected chi connectivity index (χ4v) is 5.17. The SMILES string of the molecule is N#Cc1c(F)cc(C(=O)C2CC3CCCC(C2)S3)cc1F. The number of nitrogens with zero attached hydrogens (tertiary/aromatic N) is 1. The second kappa shape index (κ2) is 5.76. The minimum Gasteiger partial charge on any atom is -0.294 e. The van der Waals surface area contributed by atoms with Crippen LogP contribution in [-0.2, 0) is 0 Å². The summed E-state index contributed by atoms with van der Waals surface area (Å²) in [4.78, 5) is 12.5. The number of carbonyl (C=O) groups excluding carboxylic acids is 1. The summed E-state index contributed by atoms with van der Waals surface area (Å²) in [6.45, 7) is 0. The first-order chi connectivity index (χ1) is 10.1. The molecule has 2 aliphatic rings. The molecule has 0 aliphatic carbocycles. The van der Waals surface area contributed by atoms with Gasteiger partial charge in [-0.2, -0.15) is 17.0 Å². The van der Waals surface area contributed by atoms with Gasteiger partial charge in [-0.3, -0.25) is 4.79 Å². The van der Waals surface area contributed by atoms with E-state index in [2.05, 4.69) is 0 Å². The lowest BCUT2D eigenvalue weighted by atomic mass is 9.84. The van der Waals surface area contributed by atoms with Gasteiger partial charge in [-0.15, -0.1) is 0 Å². The third-order valence-corrected chi connectivity index (χ3v) is 5.97. The average molecular weight is 307 g/mol. The third-order valence-electron chi connectivity index (χ3n) is 4.34. The number of hydrogen-bond donors (Lipinski definition) is 0. The van der Waals surface area contributed by atoms with Crippen molar-refractivity contribution in [3.63, 3.8) is 0 Å². The Balaban J connectivity index is 1.84. The lowest BCUT2D eigenvalue weighted by Crippen LogP contribution is -2.33. The average Bonchev–Trinajstić information content (AvgIpc) is 2.45. The molecule has 0 radical (unpaired) electrons. The first-order valence-electron chi connectivity index (χ1n) is 7.17. The zero-order valence-electron chi connectivity index (χ0n) is 11.4. The number of thioether (sulfide) groups is 1. The highest BCUT2D eigenvalue weighted by molar-refractivity contribution is 8.00. The summed E-state index contributed by atoms with van der Waals surface area (Å²) in [6.07, 6.45) is 5.05. The zero-order valence-corrected chi connectivity index (χ0v) is 12.3. The van der Waals surface area contributed by atoms with Gasteiger partial charge in [0.15, 0.2) is 5.78 Å². The highest BCUT2D eigenvalue weighted by Gasteiger charge is 2.36. The van der Waals surface area contributed by atoms with E-state index in [4.69, 9.17) is 5.26 Å². The van der Waals surface area contributed by atoms with E-state index < -0.39 is 17.2 Å². The second-order valence-electron chi connectivity index (χ2n) is 5.77. The van der Waals surface area contributed by atoms with Crippen molar-refractivity contribution >= 4 is 17.5 Å². The number of Topliss-reactive ketones (excluding diaryl/α,β-unsaturated/α-hetero) is 1. The lowest BCUT2D eigenvalue weighted by molar-refractivity contribution is 0.0895. The van der Waals surface area contributed by atoms with Crippen LogP contribution in [0.5, 0.6) is 0 Å². The van der Waals surface area contributed by atoms with Gasteiger partial charge >= 0.3 is 0 Å². The maximum absolute atomic E-state index is 13.7. The maximum atomic E-state index is 13.7. The molecule has 2 nitrogen and oxygen atoms in total. The third kappa shape index (κ3) is 2.82. The van der Waals surface area contributed by atoms with Gasteiger partial charge in [0, 0.05) is 22.0 Å². The molecule has 2 fully saturated rings. The van der Waals surface area contributed by atoms with E-state index >= 15 is 0 Å². The Bertz CT molecular complexity index is 590. The van der Waals surface area contributed by atoms with Crippen molar-refractivity contribution in [2.75, 3.05) is 0 Å². The van der Waals surface area contributed by atoms with Crippen molar-refractivity contribution in [3.8, 4) is 6.07 Å². The Hall–Kier alpha value is -1.41. The normalized spacial score (nSPS) is 28.0. The highest BCUT2D eigenvalue weighted by Crippen LogP contribution is 2.44. The Morgan fingerprint density at radius 2 is 1.76 bits per heavy atom. The molecule has 1 aromatic carbocycles.